The fourth-order valence-electron chi connectivity index (χ4n) is 1.52. The van der Waals surface area contributed by atoms with Crippen LogP contribution in [0.5, 0.6) is 5.75 Å². The molecular weight excluding hydrogens is 284 g/mol. The van der Waals surface area contributed by atoms with Gasteiger partial charge >= 0.3 is 0 Å². The third kappa shape index (κ3) is 3.47. The Kier molecular flexibility index (Phi) is 4.42. The predicted molar refractivity (Wildman–Crippen MR) is 76.5 cm³/mol. The lowest BCUT2D eigenvalue weighted by Crippen LogP contribution is -2.29. The maximum Gasteiger partial charge on any atom is 0.275 e. The van der Waals surface area contributed by atoms with Crippen LogP contribution < -0.4 is 16.0 Å². The first-order valence-corrected chi connectivity index (χ1v) is 6.78. The Morgan fingerprint density at radius 2 is 2.21 bits per heavy atom. The van der Waals surface area contributed by atoms with Gasteiger partial charge in [0.2, 0.25) is 0 Å². The average Bonchev–Trinajstić information content (AvgIpc) is 2.85. The molecule has 0 spiro atoms. The summed E-state index contributed by atoms with van der Waals surface area (Å²) < 4.78 is 5.62. The Hall–Kier alpha value is -1.56. The van der Waals surface area contributed by atoms with Crippen molar-refractivity contribution >= 4 is 28.8 Å². The van der Waals surface area contributed by atoms with Gasteiger partial charge in [0.05, 0.1) is 9.90 Å². The summed E-state index contributed by atoms with van der Waals surface area (Å²) in [4.78, 5) is 12.8. The first-order chi connectivity index (χ1) is 9.10. The molecule has 0 aliphatic carbocycles. The zero-order chi connectivity index (χ0) is 13.8. The van der Waals surface area contributed by atoms with Crippen LogP contribution in [-0.4, -0.2) is 5.91 Å². The zero-order valence-corrected chi connectivity index (χ0v) is 11.8. The maximum absolute atomic E-state index is 11.3. The third-order valence-corrected chi connectivity index (χ3v) is 3.83. The highest BCUT2D eigenvalue weighted by molar-refractivity contribution is 7.14. The molecule has 0 aliphatic heterocycles. The summed E-state index contributed by atoms with van der Waals surface area (Å²) in [7, 11) is 0. The van der Waals surface area contributed by atoms with E-state index in [0.717, 1.165) is 10.4 Å². The highest BCUT2D eigenvalue weighted by Gasteiger charge is 2.08. The Morgan fingerprint density at radius 3 is 2.89 bits per heavy atom. The number of benzene rings is 1. The van der Waals surface area contributed by atoms with Crippen LogP contribution in [0.25, 0.3) is 0 Å². The van der Waals surface area contributed by atoms with Crippen molar-refractivity contribution in [2.75, 3.05) is 0 Å². The van der Waals surface area contributed by atoms with E-state index in [0.29, 0.717) is 22.3 Å². The van der Waals surface area contributed by atoms with E-state index in [2.05, 4.69) is 5.43 Å². The topological polar surface area (TPSA) is 64.3 Å². The molecule has 19 heavy (non-hydrogen) atoms. The van der Waals surface area contributed by atoms with Crippen LogP contribution >= 0.6 is 22.9 Å². The highest BCUT2D eigenvalue weighted by atomic mass is 35.5. The molecule has 2 rings (SSSR count). The molecule has 0 unspecified atom stereocenters. The van der Waals surface area contributed by atoms with E-state index in [1.54, 1.807) is 6.07 Å². The van der Waals surface area contributed by atoms with Crippen LogP contribution in [0, 0.1) is 6.92 Å². The predicted octanol–water partition coefficient (Wildman–Crippen LogP) is 2.89. The minimum absolute atomic E-state index is 0.301. The Morgan fingerprint density at radius 1 is 1.42 bits per heavy atom. The number of nitrogens with one attached hydrogen (secondary N) is 1. The fraction of sp³-hybridized carbons (Fsp3) is 0.154. The van der Waals surface area contributed by atoms with E-state index in [1.165, 1.54) is 11.3 Å². The smallest absolute Gasteiger partial charge is 0.275 e. The van der Waals surface area contributed by atoms with E-state index >= 15 is 0 Å². The van der Waals surface area contributed by atoms with Crippen molar-refractivity contribution < 1.29 is 9.53 Å². The standard InChI is InChI=1S/C13H13ClN2O2S/c1-8-2-4-11(10(14)6-8)18-7-9-3-5-12(19-9)13(17)16-15/h2-6H,7,15H2,1H3,(H,16,17). The van der Waals surface area contributed by atoms with Gasteiger partial charge in [0.15, 0.2) is 0 Å². The normalized spacial score (nSPS) is 10.3. The summed E-state index contributed by atoms with van der Waals surface area (Å²) in [5.74, 6) is 5.40. The molecule has 0 atom stereocenters. The molecular formula is C13H13ClN2O2S. The molecule has 1 heterocycles. The van der Waals surface area contributed by atoms with Gasteiger partial charge in [-0.05, 0) is 36.8 Å². The number of nitrogens with two attached hydrogens (primary N) is 1. The van der Waals surface area contributed by atoms with Gasteiger partial charge in [-0.25, -0.2) is 5.84 Å². The van der Waals surface area contributed by atoms with Gasteiger partial charge in [0.25, 0.3) is 5.91 Å². The summed E-state index contributed by atoms with van der Waals surface area (Å²) in [6, 6.07) is 9.15. The number of carbonyl (C=O) groups is 1. The van der Waals surface area contributed by atoms with Crippen LogP contribution in [0.2, 0.25) is 5.02 Å². The largest absolute Gasteiger partial charge is 0.487 e. The maximum atomic E-state index is 11.3. The number of amides is 1. The summed E-state index contributed by atoms with van der Waals surface area (Å²) >= 11 is 7.41. The second kappa shape index (κ2) is 6.06. The van der Waals surface area contributed by atoms with Crippen LogP contribution in [0.1, 0.15) is 20.1 Å². The lowest BCUT2D eigenvalue weighted by molar-refractivity contribution is 0.0957. The van der Waals surface area contributed by atoms with E-state index in [1.807, 2.05) is 31.2 Å². The van der Waals surface area contributed by atoms with Crippen molar-refractivity contribution in [3.8, 4) is 5.75 Å². The fourth-order valence-corrected chi connectivity index (χ4v) is 2.63. The molecule has 1 aromatic carbocycles. The molecule has 0 aliphatic rings. The average molecular weight is 297 g/mol. The van der Waals surface area contributed by atoms with Gasteiger partial charge in [0, 0.05) is 4.88 Å². The van der Waals surface area contributed by atoms with Gasteiger partial charge in [-0.1, -0.05) is 17.7 Å². The summed E-state index contributed by atoms with van der Waals surface area (Å²) in [5, 5.41) is 0.580. The van der Waals surface area contributed by atoms with Crippen molar-refractivity contribution in [2.45, 2.75) is 13.5 Å². The van der Waals surface area contributed by atoms with Crippen molar-refractivity contribution in [3.63, 3.8) is 0 Å². The molecule has 0 bridgehead atoms. The van der Waals surface area contributed by atoms with Gasteiger partial charge < -0.3 is 4.74 Å². The highest BCUT2D eigenvalue weighted by Crippen LogP contribution is 2.27. The number of aryl methyl sites for hydroxylation is 1. The third-order valence-electron chi connectivity index (χ3n) is 2.47. The molecule has 1 amide bonds. The number of halogens is 1. The second-order valence-electron chi connectivity index (χ2n) is 3.96. The monoisotopic (exact) mass is 296 g/mol. The number of nitrogen functional groups attached to an aromatic ring is 1. The van der Waals surface area contributed by atoms with E-state index < -0.39 is 0 Å². The minimum Gasteiger partial charge on any atom is -0.487 e. The molecule has 0 fully saturated rings. The lowest BCUT2D eigenvalue weighted by atomic mass is 10.2. The molecule has 0 saturated heterocycles. The zero-order valence-electron chi connectivity index (χ0n) is 10.3. The lowest BCUT2D eigenvalue weighted by Gasteiger charge is -2.07. The molecule has 1 aromatic heterocycles. The van der Waals surface area contributed by atoms with Crippen molar-refractivity contribution in [2.24, 2.45) is 5.84 Å². The number of rotatable bonds is 4. The molecule has 6 heteroatoms. The number of hydrogen-bond acceptors (Lipinski definition) is 4. The number of thiophene rings is 1. The van der Waals surface area contributed by atoms with Crippen LogP contribution in [-0.2, 0) is 6.61 Å². The van der Waals surface area contributed by atoms with Crippen LogP contribution in [0.15, 0.2) is 30.3 Å². The van der Waals surface area contributed by atoms with Gasteiger partial charge in [-0.2, -0.15) is 0 Å². The number of hydrazine groups is 1. The molecule has 3 N–H and O–H groups in total. The van der Waals surface area contributed by atoms with Crippen LogP contribution in [0.4, 0.5) is 0 Å². The molecule has 4 nitrogen and oxygen atoms in total. The molecule has 2 aromatic rings. The van der Waals surface area contributed by atoms with E-state index in [4.69, 9.17) is 22.2 Å². The van der Waals surface area contributed by atoms with Gasteiger partial charge in [-0.15, -0.1) is 11.3 Å². The summed E-state index contributed by atoms with van der Waals surface area (Å²) in [5.41, 5.74) is 3.17. The van der Waals surface area contributed by atoms with Gasteiger partial charge in [-0.3, -0.25) is 10.2 Å². The van der Waals surface area contributed by atoms with Crippen molar-refractivity contribution in [1.82, 2.24) is 5.43 Å². The Bertz CT molecular complexity index is 598. The van der Waals surface area contributed by atoms with E-state index in [-0.39, 0.29) is 5.91 Å². The van der Waals surface area contributed by atoms with E-state index in [9.17, 15) is 4.79 Å². The SMILES string of the molecule is Cc1ccc(OCc2ccc(C(=O)NN)s2)c(Cl)c1. The van der Waals surface area contributed by atoms with Crippen LogP contribution in [0.3, 0.4) is 0 Å². The molecule has 0 radical (unpaired) electrons. The Balaban J connectivity index is 2.02. The number of hydrogen-bond donors (Lipinski definition) is 2. The quantitative estimate of drug-likeness (QED) is 0.518. The van der Waals surface area contributed by atoms with Crippen molar-refractivity contribution in [1.29, 1.82) is 0 Å². The number of carbonyl (C=O) groups excluding carboxylic acids is 1. The Labute approximate surface area is 120 Å². The first kappa shape index (κ1) is 13.9. The number of ether oxygens (including phenoxy) is 1. The molecule has 0 saturated carbocycles. The second-order valence-corrected chi connectivity index (χ2v) is 5.54. The minimum atomic E-state index is -0.301. The van der Waals surface area contributed by atoms with Gasteiger partial charge in [0.1, 0.15) is 12.4 Å². The van der Waals surface area contributed by atoms with Crippen molar-refractivity contribution in [3.05, 3.63) is 50.7 Å². The summed E-state index contributed by atoms with van der Waals surface area (Å²) in [6.45, 7) is 2.33. The molecule has 100 valence electrons. The summed E-state index contributed by atoms with van der Waals surface area (Å²) in [6.07, 6.45) is 0. The first-order valence-electron chi connectivity index (χ1n) is 5.59.